The Morgan fingerprint density at radius 1 is 1.41 bits per heavy atom. The first kappa shape index (κ1) is 11.8. The van der Waals surface area contributed by atoms with Gasteiger partial charge in [0.05, 0.1) is 12.2 Å². The minimum Gasteiger partial charge on any atom is -0.489 e. The molecule has 0 heterocycles. The third kappa shape index (κ3) is 2.38. The van der Waals surface area contributed by atoms with Gasteiger partial charge < -0.3 is 10.5 Å². The molecule has 0 unspecified atom stereocenters. The molecule has 1 aliphatic rings. The molecule has 0 atom stereocenters. The first-order valence-electron chi connectivity index (χ1n) is 5.50. The summed E-state index contributed by atoms with van der Waals surface area (Å²) in [6, 6.07) is 2.00. The van der Waals surface area contributed by atoms with Crippen LogP contribution in [-0.4, -0.2) is 12.5 Å². The van der Waals surface area contributed by atoms with Gasteiger partial charge in [0, 0.05) is 0 Å². The topological polar surface area (TPSA) is 52.3 Å². The van der Waals surface area contributed by atoms with Crippen molar-refractivity contribution in [1.29, 1.82) is 0 Å². The zero-order valence-corrected chi connectivity index (χ0v) is 9.21. The lowest BCUT2D eigenvalue weighted by Crippen LogP contribution is -2.21. The van der Waals surface area contributed by atoms with Crippen molar-refractivity contribution in [3.05, 3.63) is 29.3 Å². The molecule has 1 aliphatic carbocycles. The molecular weight excluding hydrogens is 228 g/mol. The number of ether oxygens (including phenoxy) is 1. The zero-order valence-electron chi connectivity index (χ0n) is 9.21. The molecule has 2 N–H and O–H groups in total. The van der Waals surface area contributed by atoms with Gasteiger partial charge in [-0.05, 0) is 30.9 Å². The molecule has 0 spiro atoms. The van der Waals surface area contributed by atoms with Crippen molar-refractivity contribution in [2.75, 3.05) is 6.61 Å². The maximum absolute atomic E-state index is 13.5. The van der Waals surface area contributed by atoms with E-state index in [2.05, 4.69) is 0 Å². The van der Waals surface area contributed by atoms with Crippen LogP contribution in [0.15, 0.2) is 12.1 Å². The van der Waals surface area contributed by atoms with Gasteiger partial charge in [-0.25, -0.2) is 4.39 Å². The fourth-order valence-corrected chi connectivity index (χ4v) is 1.73. The second-order valence-electron chi connectivity index (χ2n) is 4.21. The Bertz CT molecular complexity index is 444. The molecule has 1 saturated carbocycles. The molecule has 1 amide bonds. The van der Waals surface area contributed by atoms with E-state index in [0.29, 0.717) is 12.5 Å². The van der Waals surface area contributed by atoms with Crippen LogP contribution in [-0.2, 0) is 0 Å². The van der Waals surface area contributed by atoms with Gasteiger partial charge >= 0.3 is 0 Å². The summed E-state index contributed by atoms with van der Waals surface area (Å²) in [6.07, 6.45) is 3.16. The minimum atomic E-state index is -1.15. The predicted molar refractivity (Wildman–Crippen MR) is 57.7 cm³/mol. The van der Waals surface area contributed by atoms with Crippen LogP contribution in [0.1, 0.15) is 29.6 Å². The van der Waals surface area contributed by atoms with E-state index >= 15 is 0 Å². The van der Waals surface area contributed by atoms with Crippen LogP contribution >= 0.6 is 0 Å². The maximum atomic E-state index is 13.5. The monoisotopic (exact) mass is 241 g/mol. The first-order chi connectivity index (χ1) is 8.09. The molecule has 1 fully saturated rings. The van der Waals surface area contributed by atoms with Crippen molar-refractivity contribution < 1.29 is 18.3 Å². The Morgan fingerprint density at radius 3 is 2.65 bits per heavy atom. The second kappa shape index (κ2) is 4.69. The molecule has 92 valence electrons. The molecule has 2 rings (SSSR count). The van der Waals surface area contributed by atoms with Gasteiger partial charge in [-0.15, -0.1) is 0 Å². The molecule has 1 aromatic rings. The number of halogens is 2. The lowest BCUT2D eigenvalue weighted by molar-refractivity contribution is 0.0991. The van der Waals surface area contributed by atoms with E-state index < -0.39 is 17.5 Å². The number of hydrogen-bond acceptors (Lipinski definition) is 2. The van der Waals surface area contributed by atoms with Crippen molar-refractivity contribution in [2.45, 2.75) is 19.3 Å². The smallest absolute Gasteiger partial charge is 0.252 e. The molecular formula is C12H13F2NO2. The normalized spacial score (nSPS) is 15.4. The Morgan fingerprint density at radius 2 is 2.12 bits per heavy atom. The molecule has 0 bridgehead atoms. The van der Waals surface area contributed by atoms with Gasteiger partial charge in [0.25, 0.3) is 5.91 Å². The number of hydrogen-bond donors (Lipinski definition) is 1. The van der Waals surface area contributed by atoms with Crippen LogP contribution in [0, 0.1) is 17.6 Å². The lowest BCUT2D eigenvalue weighted by Gasteiger charge is -2.25. The van der Waals surface area contributed by atoms with Crippen LogP contribution in [0.3, 0.4) is 0 Å². The van der Waals surface area contributed by atoms with E-state index in [9.17, 15) is 13.6 Å². The van der Waals surface area contributed by atoms with Crippen molar-refractivity contribution in [1.82, 2.24) is 0 Å². The Labute approximate surface area is 97.6 Å². The van der Waals surface area contributed by atoms with E-state index in [-0.39, 0.29) is 11.3 Å². The third-order valence-electron chi connectivity index (χ3n) is 3.00. The SMILES string of the molecule is NC(=O)c1ccc(F)c(F)c1OCC1CCC1. The van der Waals surface area contributed by atoms with E-state index in [4.69, 9.17) is 10.5 Å². The summed E-state index contributed by atoms with van der Waals surface area (Å²) >= 11 is 0. The molecule has 17 heavy (non-hydrogen) atoms. The van der Waals surface area contributed by atoms with Gasteiger partial charge in [-0.2, -0.15) is 4.39 Å². The van der Waals surface area contributed by atoms with Gasteiger partial charge in [0.15, 0.2) is 11.6 Å². The number of primary amides is 1. The maximum Gasteiger partial charge on any atom is 0.252 e. The van der Waals surface area contributed by atoms with Crippen molar-refractivity contribution in [3.63, 3.8) is 0 Å². The van der Waals surface area contributed by atoms with Gasteiger partial charge in [-0.1, -0.05) is 6.42 Å². The Hall–Kier alpha value is -1.65. The fourth-order valence-electron chi connectivity index (χ4n) is 1.73. The van der Waals surface area contributed by atoms with Gasteiger partial charge in [0.2, 0.25) is 5.82 Å². The summed E-state index contributed by atoms with van der Waals surface area (Å²) < 4.78 is 31.7. The van der Waals surface area contributed by atoms with Crippen LogP contribution < -0.4 is 10.5 Å². The second-order valence-corrected chi connectivity index (χ2v) is 4.21. The van der Waals surface area contributed by atoms with Crippen LogP contribution in [0.2, 0.25) is 0 Å². The summed E-state index contributed by atoms with van der Waals surface area (Å²) in [5, 5.41) is 0. The lowest BCUT2D eigenvalue weighted by atomic mass is 9.86. The largest absolute Gasteiger partial charge is 0.489 e. The highest BCUT2D eigenvalue weighted by molar-refractivity contribution is 5.95. The highest BCUT2D eigenvalue weighted by atomic mass is 19.2. The fraction of sp³-hybridized carbons (Fsp3) is 0.417. The molecule has 5 heteroatoms. The van der Waals surface area contributed by atoms with Crippen LogP contribution in [0.4, 0.5) is 8.78 Å². The van der Waals surface area contributed by atoms with Gasteiger partial charge in [-0.3, -0.25) is 4.79 Å². The number of carbonyl (C=O) groups is 1. The van der Waals surface area contributed by atoms with Gasteiger partial charge in [0.1, 0.15) is 0 Å². The molecule has 0 aliphatic heterocycles. The van der Waals surface area contributed by atoms with E-state index in [1.54, 1.807) is 0 Å². The molecule has 0 radical (unpaired) electrons. The number of rotatable bonds is 4. The average Bonchev–Trinajstić information content (AvgIpc) is 2.21. The highest BCUT2D eigenvalue weighted by Gasteiger charge is 2.22. The van der Waals surface area contributed by atoms with Crippen LogP contribution in [0.5, 0.6) is 5.75 Å². The first-order valence-corrected chi connectivity index (χ1v) is 5.50. The standard InChI is InChI=1S/C12H13F2NO2/c13-9-5-4-8(12(15)16)11(10(9)14)17-6-7-2-1-3-7/h4-5,7H,1-3,6H2,(H2,15,16). The minimum absolute atomic E-state index is 0.122. The Balaban J connectivity index is 2.21. The summed E-state index contributed by atoms with van der Waals surface area (Å²) in [5.41, 5.74) is 4.96. The number of carbonyl (C=O) groups excluding carboxylic acids is 1. The average molecular weight is 241 g/mol. The van der Waals surface area contributed by atoms with E-state index in [0.717, 1.165) is 31.4 Å². The summed E-state index contributed by atoms with van der Waals surface area (Å²) in [7, 11) is 0. The third-order valence-corrected chi connectivity index (χ3v) is 3.00. The van der Waals surface area contributed by atoms with Crippen LogP contribution in [0.25, 0.3) is 0 Å². The molecule has 0 aromatic heterocycles. The zero-order chi connectivity index (χ0) is 12.4. The van der Waals surface area contributed by atoms with E-state index in [1.165, 1.54) is 0 Å². The Kier molecular flexibility index (Phi) is 3.26. The highest BCUT2D eigenvalue weighted by Crippen LogP contribution is 2.30. The quantitative estimate of drug-likeness (QED) is 0.878. The van der Waals surface area contributed by atoms with Crippen molar-refractivity contribution >= 4 is 5.91 Å². The summed E-state index contributed by atoms with van der Waals surface area (Å²) in [5.74, 6) is -3.03. The number of benzene rings is 1. The molecule has 1 aromatic carbocycles. The predicted octanol–water partition coefficient (Wildman–Crippen LogP) is 2.24. The molecule has 3 nitrogen and oxygen atoms in total. The van der Waals surface area contributed by atoms with Crippen molar-refractivity contribution in [2.24, 2.45) is 11.7 Å². The molecule has 0 saturated heterocycles. The summed E-state index contributed by atoms with van der Waals surface area (Å²) in [4.78, 5) is 11.1. The number of nitrogens with two attached hydrogens (primary N) is 1. The van der Waals surface area contributed by atoms with E-state index in [1.807, 2.05) is 0 Å². The summed E-state index contributed by atoms with van der Waals surface area (Å²) in [6.45, 7) is 0.292. The van der Waals surface area contributed by atoms with Crippen molar-refractivity contribution in [3.8, 4) is 5.75 Å². The number of amides is 1.